The van der Waals surface area contributed by atoms with Crippen molar-refractivity contribution in [1.82, 2.24) is 9.78 Å². The number of nitrogens with one attached hydrogen (secondary N) is 2. The molecule has 1 fully saturated rings. The standard InChI is InChI=1S/C22H25FN4O2S/c1-13-5-8-17(16(23)11-13)25-20-15-12-24-27(21(28)29-22(2,3)4)19(15)10-9-18(20)26-30-14-6-7-14/h5,8-12,14,25-26H,6-7H2,1-4H3. The number of benzene rings is 2. The Balaban J connectivity index is 1.75. The maximum atomic E-state index is 14.5. The van der Waals surface area contributed by atoms with Crippen molar-refractivity contribution in [2.24, 2.45) is 0 Å². The van der Waals surface area contributed by atoms with E-state index in [2.05, 4.69) is 15.1 Å². The van der Waals surface area contributed by atoms with Crippen LogP contribution in [0.2, 0.25) is 0 Å². The molecule has 1 aliphatic carbocycles. The second kappa shape index (κ2) is 7.83. The van der Waals surface area contributed by atoms with E-state index in [9.17, 15) is 9.18 Å². The summed E-state index contributed by atoms with van der Waals surface area (Å²) in [6.45, 7) is 7.26. The highest BCUT2D eigenvalue weighted by Crippen LogP contribution is 2.40. The summed E-state index contributed by atoms with van der Waals surface area (Å²) in [5, 5.41) is 8.73. The van der Waals surface area contributed by atoms with Crippen LogP contribution in [0.5, 0.6) is 0 Å². The smallest absolute Gasteiger partial charge is 0.435 e. The van der Waals surface area contributed by atoms with Crippen molar-refractivity contribution in [3.05, 3.63) is 47.9 Å². The van der Waals surface area contributed by atoms with Crippen molar-refractivity contribution in [3.8, 4) is 0 Å². The summed E-state index contributed by atoms with van der Waals surface area (Å²) in [5.74, 6) is -0.340. The zero-order valence-electron chi connectivity index (χ0n) is 17.5. The molecular formula is C22H25FN4O2S. The Morgan fingerprint density at radius 3 is 2.63 bits per heavy atom. The number of carbonyl (C=O) groups excluding carboxylic acids is 1. The second-order valence-electron chi connectivity index (χ2n) is 8.49. The summed E-state index contributed by atoms with van der Waals surface area (Å²) in [5.41, 5.74) is 2.63. The Morgan fingerprint density at radius 1 is 1.23 bits per heavy atom. The third kappa shape index (κ3) is 4.53. The number of hydrogen-bond donors (Lipinski definition) is 2. The number of aromatic nitrogens is 2. The molecular weight excluding hydrogens is 403 g/mol. The number of ether oxygens (including phenoxy) is 1. The van der Waals surface area contributed by atoms with E-state index >= 15 is 0 Å². The number of hydrogen-bond acceptors (Lipinski definition) is 6. The third-order valence-corrected chi connectivity index (χ3v) is 5.71. The molecule has 158 valence electrons. The van der Waals surface area contributed by atoms with Gasteiger partial charge < -0.3 is 14.8 Å². The monoisotopic (exact) mass is 428 g/mol. The van der Waals surface area contributed by atoms with E-state index in [1.54, 1.807) is 45.0 Å². The quantitative estimate of drug-likeness (QED) is 0.469. The van der Waals surface area contributed by atoms with Crippen LogP contribution in [-0.4, -0.2) is 26.7 Å². The molecule has 0 bridgehead atoms. The van der Waals surface area contributed by atoms with E-state index in [-0.39, 0.29) is 5.82 Å². The fraction of sp³-hybridized carbons (Fsp3) is 0.364. The Bertz CT molecular complexity index is 1100. The van der Waals surface area contributed by atoms with Crippen LogP contribution in [0.1, 0.15) is 39.2 Å². The predicted octanol–water partition coefficient (Wildman–Crippen LogP) is 6.23. The first-order valence-corrected chi connectivity index (χ1v) is 10.8. The molecule has 6 nitrogen and oxygen atoms in total. The maximum absolute atomic E-state index is 14.5. The van der Waals surface area contributed by atoms with Crippen LogP contribution in [0.25, 0.3) is 10.9 Å². The van der Waals surface area contributed by atoms with Crippen LogP contribution >= 0.6 is 11.9 Å². The molecule has 1 aromatic heterocycles. The fourth-order valence-electron chi connectivity index (χ4n) is 2.96. The highest BCUT2D eigenvalue weighted by molar-refractivity contribution is 8.01. The van der Waals surface area contributed by atoms with Crippen molar-refractivity contribution in [2.45, 2.75) is 51.4 Å². The molecule has 0 aliphatic heterocycles. The van der Waals surface area contributed by atoms with Crippen LogP contribution in [0.15, 0.2) is 36.5 Å². The van der Waals surface area contributed by atoms with Gasteiger partial charge >= 0.3 is 6.09 Å². The van der Waals surface area contributed by atoms with E-state index in [4.69, 9.17) is 4.74 Å². The van der Waals surface area contributed by atoms with Gasteiger partial charge in [-0.15, -0.1) is 0 Å². The van der Waals surface area contributed by atoms with E-state index in [0.29, 0.717) is 27.5 Å². The zero-order chi connectivity index (χ0) is 21.5. The lowest BCUT2D eigenvalue weighted by atomic mass is 10.1. The predicted molar refractivity (Wildman–Crippen MR) is 120 cm³/mol. The molecule has 0 spiro atoms. The molecule has 0 unspecified atom stereocenters. The number of halogens is 1. The topological polar surface area (TPSA) is 68.2 Å². The van der Waals surface area contributed by atoms with Gasteiger partial charge in [-0.05, 0) is 82.3 Å². The molecule has 0 atom stereocenters. The molecule has 2 aromatic carbocycles. The normalized spacial score (nSPS) is 14.0. The summed E-state index contributed by atoms with van der Waals surface area (Å²) in [6, 6.07) is 8.73. The van der Waals surface area contributed by atoms with Gasteiger partial charge in [0.25, 0.3) is 0 Å². The second-order valence-corrected chi connectivity index (χ2v) is 9.59. The van der Waals surface area contributed by atoms with Gasteiger partial charge in [-0.3, -0.25) is 0 Å². The highest BCUT2D eigenvalue weighted by atomic mass is 32.2. The number of carbonyl (C=O) groups is 1. The summed E-state index contributed by atoms with van der Waals surface area (Å²) < 4.78 is 24.6. The average molecular weight is 429 g/mol. The van der Waals surface area contributed by atoms with Gasteiger partial charge in [0, 0.05) is 10.6 Å². The van der Waals surface area contributed by atoms with Gasteiger partial charge in [-0.25, -0.2) is 9.18 Å². The van der Waals surface area contributed by atoms with Crippen LogP contribution in [-0.2, 0) is 4.74 Å². The lowest BCUT2D eigenvalue weighted by Crippen LogP contribution is -2.27. The van der Waals surface area contributed by atoms with E-state index < -0.39 is 11.7 Å². The molecule has 2 N–H and O–H groups in total. The molecule has 1 heterocycles. The van der Waals surface area contributed by atoms with Gasteiger partial charge in [0.15, 0.2) is 0 Å². The zero-order valence-corrected chi connectivity index (χ0v) is 18.3. The Hall–Kier alpha value is -2.74. The minimum atomic E-state index is -0.635. The Labute approximate surface area is 179 Å². The number of aryl methyl sites for hydroxylation is 1. The summed E-state index contributed by atoms with van der Waals surface area (Å²) in [6.07, 6.45) is 3.41. The molecule has 3 aromatic rings. The lowest BCUT2D eigenvalue weighted by Gasteiger charge is -2.19. The first kappa shape index (κ1) is 20.5. The van der Waals surface area contributed by atoms with E-state index in [1.165, 1.54) is 23.6 Å². The van der Waals surface area contributed by atoms with Crippen molar-refractivity contribution in [1.29, 1.82) is 0 Å². The van der Waals surface area contributed by atoms with Gasteiger partial charge in [0.05, 0.1) is 28.8 Å². The Morgan fingerprint density at radius 2 is 1.97 bits per heavy atom. The molecule has 4 rings (SSSR count). The number of fused-ring (bicyclic) bond motifs is 1. The van der Waals surface area contributed by atoms with Crippen LogP contribution in [0.3, 0.4) is 0 Å². The maximum Gasteiger partial charge on any atom is 0.435 e. The summed E-state index contributed by atoms with van der Waals surface area (Å²) in [7, 11) is 0. The molecule has 0 saturated heterocycles. The third-order valence-electron chi connectivity index (χ3n) is 4.56. The molecule has 30 heavy (non-hydrogen) atoms. The fourth-order valence-corrected chi connectivity index (χ4v) is 3.80. The minimum absolute atomic E-state index is 0.340. The summed E-state index contributed by atoms with van der Waals surface area (Å²) in [4.78, 5) is 12.6. The molecule has 0 radical (unpaired) electrons. The molecule has 1 saturated carbocycles. The van der Waals surface area contributed by atoms with Gasteiger partial charge in [-0.1, -0.05) is 6.07 Å². The van der Waals surface area contributed by atoms with Crippen molar-refractivity contribution < 1.29 is 13.9 Å². The number of rotatable bonds is 5. The van der Waals surface area contributed by atoms with E-state index in [1.807, 2.05) is 25.1 Å². The Kier molecular flexibility index (Phi) is 5.36. The number of nitrogens with zero attached hydrogens (tertiary/aromatic N) is 2. The van der Waals surface area contributed by atoms with Gasteiger partial charge in [0.2, 0.25) is 0 Å². The van der Waals surface area contributed by atoms with Crippen molar-refractivity contribution in [3.63, 3.8) is 0 Å². The SMILES string of the molecule is Cc1ccc(Nc2c(NSC3CC3)ccc3c2cnn3C(=O)OC(C)(C)C)c(F)c1. The molecule has 8 heteroatoms. The van der Waals surface area contributed by atoms with Crippen LogP contribution in [0.4, 0.5) is 26.2 Å². The van der Waals surface area contributed by atoms with Gasteiger partial charge in [-0.2, -0.15) is 9.78 Å². The number of anilines is 3. The van der Waals surface area contributed by atoms with Crippen LogP contribution < -0.4 is 10.0 Å². The summed E-state index contributed by atoms with van der Waals surface area (Å²) >= 11 is 1.65. The first-order valence-electron chi connectivity index (χ1n) is 9.90. The van der Waals surface area contributed by atoms with E-state index in [0.717, 1.165) is 11.3 Å². The van der Waals surface area contributed by atoms with Crippen LogP contribution in [0, 0.1) is 12.7 Å². The largest absolute Gasteiger partial charge is 0.442 e. The molecule has 0 amide bonds. The lowest BCUT2D eigenvalue weighted by molar-refractivity contribution is 0.0522. The van der Waals surface area contributed by atoms with Crippen molar-refractivity contribution in [2.75, 3.05) is 10.0 Å². The highest BCUT2D eigenvalue weighted by Gasteiger charge is 2.24. The average Bonchev–Trinajstić information content (AvgIpc) is 3.38. The van der Waals surface area contributed by atoms with Gasteiger partial charge in [0.1, 0.15) is 11.4 Å². The first-order chi connectivity index (χ1) is 14.2. The minimum Gasteiger partial charge on any atom is -0.442 e. The molecule has 1 aliphatic rings. The van der Waals surface area contributed by atoms with Crippen molar-refractivity contribution >= 4 is 46.0 Å².